The summed E-state index contributed by atoms with van der Waals surface area (Å²) < 4.78 is 11.1. The highest BCUT2D eigenvalue weighted by atomic mass is 16.7. The molecule has 0 spiro atoms. The predicted octanol–water partition coefficient (Wildman–Crippen LogP) is 2.48. The van der Waals surface area contributed by atoms with E-state index in [-0.39, 0.29) is 6.29 Å². The Bertz CT molecular complexity index is 389. The van der Waals surface area contributed by atoms with Crippen molar-refractivity contribution in [2.24, 2.45) is 5.92 Å². The smallest absolute Gasteiger partial charge is 0.170 e. The van der Waals surface area contributed by atoms with Gasteiger partial charge in [-0.3, -0.25) is 4.90 Å². The maximum Gasteiger partial charge on any atom is 0.170 e. The monoisotopic (exact) mass is 261 g/mol. The van der Waals surface area contributed by atoms with Crippen molar-refractivity contribution >= 4 is 0 Å². The van der Waals surface area contributed by atoms with Crippen molar-refractivity contribution in [1.82, 2.24) is 4.90 Å². The molecule has 2 atom stereocenters. The van der Waals surface area contributed by atoms with E-state index in [2.05, 4.69) is 42.2 Å². The minimum atomic E-state index is 0.000440. The minimum absolute atomic E-state index is 0.000440. The molecule has 3 rings (SSSR count). The van der Waals surface area contributed by atoms with Gasteiger partial charge in [0, 0.05) is 13.1 Å². The summed E-state index contributed by atoms with van der Waals surface area (Å²) in [6.45, 7) is 7.07. The van der Waals surface area contributed by atoms with E-state index in [1.54, 1.807) is 0 Å². The molecular formula is C16H23NO2. The molecule has 1 aromatic carbocycles. The van der Waals surface area contributed by atoms with Crippen LogP contribution in [0, 0.1) is 5.92 Å². The van der Waals surface area contributed by atoms with Gasteiger partial charge < -0.3 is 9.47 Å². The largest absolute Gasteiger partial charge is 0.349 e. The van der Waals surface area contributed by atoms with E-state index in [4.69, 9.17) is 9.47 Å². The van der Waals surface area contributed by atoms with Gasteiger partial charge in [-0.25, -0.2) is 0 Å². The summed E-state index contributed by atoms with van der Waals surface area (Å²) in [6.07, 6.45) is 1.23. The van der Waals surface area contributed by atoms with Crippen molar-refractivity contribution in [3.8, 4) is 0 Å². The lowest BCUT2D eigenvalue weighted by Crippen LogP contribution is -2.42. The number of benzene rings is 1. The Morgan fingerprint density at radius 2 is 1.89 bits per heavy atom. The Morgan fingerprint density at radius 3 is 2.58 bits per heavy atom. The van der Waals surface area contributed by atoms with Crippen LogP contribution in [0.15, 0.2) is 30.3 Å². The van der Waals surface area contributed by atoms with Crippen molar-refractivity contribution in [1.29, 1.82) is 0 Å². The Hall–Kier alpha value is -0.900. The number of nitrogens with zero attached hydrogens (tertiary/aromatic N) is 1. The van der Waals surface area contributed by atoms with Crippen molar-refractivity contribution in [3.63, 3.8) is 0 Å². The van der Waals surface area contributed by atoms with Crippen molar-refractivity contribution < 1.29 is 9.47 Å². The third-order valence-electron chi connectivity index (χ3n) is 4.32. The zero-order valence-corrected chi connectivity index (χ0v) is 11.6. The summed E-state index contributed by atoms with van der Waals surface area (Å²) in [5.74, 6) is 1.39. The molecule has 0 aromatic heterocycles. The van der Waals surface area contributed by atoms with Gasteiger partial charge in [-0.2, -0.15) is 0 Å². The molecule has 2 aliphatic heterocycles. The highest BCUT2D eigenvalue weighted by Gasteiger charge is 2.29. The van der Waals surface area contributed by atoms with Crippen LogP contribution < -0.4 is 0 Å². The molecule has 0 N–H and O–H groups in total. The number of hydrogen-bond acceptors (Lipinski definition) is 3. The number of rotatable bonds is 3. The highest BCUT2D eigenvalue weighted by molar-refractivity contribution is 5.20. The highest BCUT2D eigenvalue weighted by Crippen LogP contribution is 2.32. The van der Waals surface area contributed by atoms with Crippen LogP contribution in [-0.4, -0.2) is 44.0 Å². The molecule has 0 saturated carbocycles. The van der Waals surface area contributed by atoms with Gasteiger partial charge >= 0.3 is 0 Å². The van der Waals surface area contributed by atoms with Crippen molar-refractivity contribution in [2.45, 2.75) is 25.6 Å². The van der Waals surface area contributed by atoms with E-state index < -0.39 is 0 Å². The number of likely N-dealkylation sites (tertiary alicyclic amines) is 1. The first-order valence-electron chi connectivity index (χ1n) is 7.33. The van der Waals surface area contributed by atoms with E-state index in [0.29, 0.717) is 11.8 Å². The number of ether oxygens (including phenoxy) is 2. The van der Waals surface area contributed by atoms with Crippen LogP contribution in [-0.2, 0) is 9.47 Å². The van der Waals surface area contributed by atoms with Gasteiger partial charge in [-0.05, 0) is 30.4 Å². The molecule has 0 amide bonds. The minimum Gasteiger partial charge on any atom is -0.349 e. The normalized spacial score (nSPS) is 29.7. The molecular weight excluding hydrogens is 238 g/mol. The first-order valence-corrected chi connectivity index (χ1v) is 7.33. The fourth-order valence-electron chi connectivity index (χ4n) is 3.32. The molecule has 0 unspecified atom stereocenters. The van der Waals surface area contributed by atoms with Crippen LogP contribution in [0.1, 0.15) is 24.8 Å². The maximum atomic E-state index is 5.54. The van der Waals surface area contributed by atoms with Gasteiger partial charge in [0.25, 0.3) is 0 Å². The summed E-state index contributed by atoms with van der Waals surface area (Å²) in [6, 6.07) is 10.9. The fraction of sp³-hybridized carbons (Fsp3) is 0.625. The summed E-state index contributed by atoms with van der Waals surface area (Å²) >= 11 is 0. The van der Waals surface area contributed by atoms with Crippen LogP contribution >= 0.6 is 0 Å². The van der Waals surface area contributed by atoms with Crippen LogP contribution in [0.25, 0.3) is 0 Å². The second-order valence-electron chi connectivity index (χ2n) is 5.71. The first-order chi connectivity index (χ1) is 9.33. The summed E-state index contributed by atoms with van der Waals surface area (Å²) in [4.78, 5) is 2.49. The zero-order chi connectivity index (χ0) is 13.1. The Morgan fingerprint density at radius 1 is 1.16 bits per heavy atom. The van der Waals surface area contributed by atoms with Gasteiger partial charge in [0.2, 0.25) is 0 Å². The van der Waals surface area contributed by atoms with Gasteiger partial charge in [-0.1, -0.05) is 37.3 Å². The Labute approximate surface area is 115 Å². The molecule has 2 heterocycles. The lowest BCUT2D eigenvalue weighted by Gasteiger charge is -2.37. The molecule has 0 aliphatic carbocycles. The van der Waals surface area contributed by atoms with E-state index in [1.165, 1.54) is 12.0 Å². The second-order valence-corrected chi connectivity index (χ2v) is 5.71. The molecule has 0 bridgehead atoms. The van der Waals surface area contributed by atoms with Gasteiger partial charge in [0.05, 0.1) is 13.2 Å². The molecule has 19 heavy (non-hydrogen) atoms. The summed E-state index contributed by atoms with van der Waals surface area (Å²) in [5.41, 5.74) is 1.49. The molecule has 0 radical (unpaired) electrons. The lowest BCUT2D eigenvalue weighted by atomic mass is 9.81. The molecule has 2 saturated heterocycles. The van der Waals surface area contributed by atoms with E-state index >= 15 is 0 Å². The quantitative estimate of drug-likeness (QED) is 0.834. The number of hydrogen-bond donors (Lipinski definition) is 0. The molecule has 2 fully saturated rings. The van der Waals surface area contributed by atoms with Crippen LogP contribution in [0.2, 0.25) is 0 Å². The fourth-order valence-corrected chi connectivity index (χ4v) is 3.32. The average molecular weight is 261 g/mol. The van der Waals surface area contributed by atoms with Gasteiger partial charge in [0.1, 0.15) is 0 Å². The Kier molecular flexibility index (Phi) is 4.16. The zero-order valence-electron chi connectivity index (χ0n) is 11.6. The standard InChI is InChI=1S/C16H23NO2/c1-13-11-17(12-16-18-9-10-19-16)8-7-15(13)14-5-3-2-4-6-14/h2-6,13,15-16H,7-12H2,1H3/t13-,15+/m1/s1. The Balaban J connectivity index is 1.56. The van der Waals surface area contributed by atoms with Crippen LogP contribution in [0.3, 0.4) is 0 Å². The summed E-state index contributed by atoms with van der Waals surface area (Å²) in [7, 11) is 0. The van der Waals surface area contributed by atoms with E-state index in [9.17, 15) is 0 Å². The lowest BCUT2D eigenvalue weighted by molar-refractivity contribution is -0.0677. The SMILES string of the molecule is C[C@@H]1CN(CC2OCCO2)CC[C@@H]1c1ccccc1. The molecule has 3 heteroatoms. The van der Waals surface area contributed by atoms with E-state index in [1.807, 2.05) is 0 Å². The second kappa shape index (κ2) is 6.04. The molecule has 104 valence electrons. The predicted molar refractivity (Wildman–Crippen MR) is 75.1 cm³/mol. The first kappa shape index (κ1) is 13.1. The summed E-state index contributed by atoms with van der Waals surface area (Å²) in [5, 5.41) is 0. The maximum absolute atomic E-state index is 5.54. The topological polar surface area (TPSA) is 21.7 Å². The molecule has 2 aliphatic rings. The third-order valence-corrected chi connectivity index (χ3v) is 4.32. The molecule has 3 nitrogen and oxygen atoms in total. The van der Waals surface area contributed by atoms with E-state index in [0.717, 1.165) is 32.8 Å². The van der Waals surface area contributed by atoms with Crippen LogP contribution in [0.5, 0.6) is 0 Å². The van der Waals surface area contributed by atoms with Crippen LogP contribution in [0.4, 0.5) is 0 Å². The van der Waals surface area contributed by atoms with Gasteiger partial charge in [0.15, 0.2) is 6.29 Å². The van der Waals surface area contributed by atoms with Crippen molar-refractivity contribution in [3.05, 3.63) is 35.9 Å². The van der Waals surface area contributed by atoms with Crippen molar-refractivity contribution in [2.75, 3.05) is 32.8 Å². The van der Waals surface area contributed by atoms with Gasteiger partial charge in [-0.15, -0.1) is 0 Å². The average Bonchev–Trinajstić information content (AvgIpc) is 2.93. The molecule has 1 aromatic rings. The number of piperidine rings is 1. The third kappa shape index (κ3) is 3.16.